The molecule has 1 aliphatic rings. The number of rotatable bonds is 5. The smallest absolute Gasteiger partial charge is 0.433 e. The van der Waals surface area contributed by atoms with Gasteiger partial charge in [-0.25, -0.2) is 0 Å². The standard InChI is InChI=1S/C19H13F6N3O4/c20-18(21,22)16-7-13(2-1-11(16)8-26)27-9-15(32-17(27)19(23,24)25)10-31-14-5-3-12(4-6-14)28(29)30/h1-7,15,17H,9-10H2. The third-order valence-electron chi connectivity index (χ3n) is 4.53. The van der Waals surface area contributed by atoms with Crippen LogP contribution in [0.3, 0.4) is 0 Å². The summed E-state index contributed by atoms with van der Waals surface area (Å²) in [5.74, 6) is 0.138. The average Bonchev–Trinajstić information content (AvgIpc) is 3.16. The molecule has 0 saturated carbocycles. The van der Waals surface area contributed by atoms with Gasteiger partial charge in [-0.15, -0.1) is 0 Å². The minimum absolute atomic E-state index is 0.138. The maximum atomic E-state index is 13.5. The quantitative estimate of drug-likeness (QED) is 0.366. The normalized spacial score (nSPS) is 19.0. The van der Waals surface area contributed by atoms with Crippen LogP contribution in [0.2, 0.25) is 0 Å². The molecule has 2 unspecified atom stereocenters. The van der Waals surface area contributed by atoms with Crippen molar-refractivity contribution < 1.29 is 40.7 Å². The fourth-order valence-electron chi connectivity index (χ4n) is 3.10. The molecule has 2 aromatic rings. The van der Waals surface area contributed by atoms with Crippen LogP contribution in [-0.2, 0) is 10.9 Å². The Kier molecular flexibility index (Phi) is 6.18. The summed E-state index contributed by atoms with van der Waals surface area (Å²) in [5, 5.41) is 19.5. The maximum absolute atomic E-state index is 13.5. The molecule has 2 aromatic carbocycles. The highest BCUT2D eigenvalue weighted by molar-refractivity contribution is 5.56. The predicted octanol–water partition coefficient (Wildman–Crippen LogP) is 4.66. The number of halogens is 6. The molecule has 32 heavy (non-hydrogen) atoms. The van der Waals surface area contributed by atoms with Gasteiger partial charge in [-0.2, -0.15) is 31.6 Å². The van der Waals surface area contributed by atoms with E-state index < -0.39 is 53.0 Å². The zero-order valence-electron chi connectivity index (χ0n) is 15.9. The molecule has 1 heterocycles. The van der Waals surface area contributed by atoms with Crippen molar-refractivity contribution >= 4 is 11.4 Å². The molecular weight excluding hydrogens is 448 g/mol. The topological polar surface area (TPSA) is 88.6 Å². The minimum atomic E-state index is -4.94. The van der Waals surface area contributed by atoms with Gasteiger partial charge in [-0.1, -0.05) is 0 Å². The van der Waals surface area contributed by atoms with E-state index >= 15 is 0 Å². The highest BCUT2D eigenvalue weighted by Gasteiger charge is 2.51. The van der Waals surface area contributed by atoms with E-state index in [9.17, 15) is 36.5 Å². The molecule has 0 bridgehead atoms. The lowest BCUT2D eigenvalue weighted by molar-refractivity contribution is -0.384. The summed E-state index contributed by atoms with van der Waals surface area (Å²) in [5.41, 5.74) is -2.71. The molecule has 1 aliphatic heterocycles. The first-order valence-electron chi connectivity index (χ1n) is 8.87. The molecule has 0 aromatic heterocycles. The molecule has 170 valence electrons. The van der Waals surface area contributed by atoms with Crippen LogP contribution in [0.4, 0.5) is 37.7 Å². The van der Waals surface area contributed by atoms with Gasteiger partial charge in [0.2, 0.25) is 6.23 Å². The number of ether oxygens (including phenoxy) is 2. The van der Waals surface area contributed by atoms with Crippen molar-refractivity contribution in [2.45, 2.75) is 24.7 Å². The molecule has 7 nitrogen and oxygen atoms in total. The lowest BCUT2D eigenvalue weighted by atomic mass is 10.1. The third kappa shape index (κ3) is 5.02. The Morgan fingerprint density at radius 1 is 1.16 bits per heavy atom. The first-order valence-corrected chi connectivity index (χ1v) is 8.87. The number of benzene rings is 2. The number of nitriles is 1. The first-order chi connectivity index (χ1) is 14.9. The number of hydrogen-bond acceptors (Lipinski definition) is 6. The lowest BCUT2D eigenvalue weighted by Gasteiger charge is -2.27. The molecule has 0 amide bonds. The molecule has 2 atom stereocenters. The summed E-state index contributed by atoms with van der Waals surface area (Å²) in [6.45, 7) is -0.830. The van der Waals surface area contributed by atoms with Crippen molar-refractivity contribution in [3.05, 3.63) is 63.7 Å². The van der Waals surface area contributed by atoms with Gasteiger partial charge in [-0.05, 0) is 30.3 Å². The highest BCUT2D eigenvalue weighted by atomic mass is 19.4. The van der Waals surface area contributed by atoms with Crippen LogP contribution in [0.25, 0.3) is 0 Å². The summed E-state index contributed by atoms with van der Waals surface area (Å²) in [6, 6.07) is 8.41. The Hall–Kier alpha value is -3.53. The van der Waals surface area contributed by atoms with Crippen molar-refractivity contribution in [1.29, 1.82) is 5.26 Å². The van der Waals surface area contributed by atoms with Gasteiger partial charge in [0.15, 0.2) is 0 Å². The fraction of sp³-hybridized carbons (Fsp3) is 0.316. The van der Waals surface area contributed by atoms with Crippen molar-refractivity contribution in [1.82, 2.24) is 0 Å². The van der Waals surface area contributed by atoms with E-state index in [4.69, 9.17) is 14.7 Å². The van der Waals surface area contributed by atoms with Crippen molar-refractivity contribution in [3.63, 3.8) is 0 Å². The predicted molar refractivity (Wildman–Crippen MR) is 96.8 cm³/mol. The average molecular weight is 461 g/mol. The number of alkyl halides is 6. The van der Waals surface area contributed by atoms with Crippen molar-refractivity contribution in [2.75, 3.05) is 18.1 Å². The van der Waals surface area contributed by atoms with E-state index in [1.54, 1.807) is 0 Å². The van der Waals surface area contributed by atoms with E-state index in [0.29, 0.717) is 11.0 Å². The molecule has 0 N–H and O–H groups in total. The van der Waals surface area contributed by atoms with Crippen LogP contribution < -0.4 is 9.64 Å². The highest BCUT2D eigenvalue weighted by Crippen LogP contribution is 2.39. The Balaban J connectivity index is 1.80. The molecule has 1 fully saturated rings. The summed E-state index contributed by atoms with van der Waals surface area (Å²) in [7, 11) is 0. The van der Waals surface area contributed by atoms with Crippen LogP contribution in [-0.4, -0.2) is 36.6 Å². The number of anilines is 1. The molecule has 13 heteroatoms. The third-order valence-corrected chi connectivity index (χ3v) is 4.53. The molecule has 0 spiro atoms. The molecular formula is C19H13F6N3O4. The van der Waals surface area contributed by atoms with E-state index in [0.717, 1.165) is 24.3 Å². The molecule has 1 saturated heterocycles. The minimum Gasteiger partial charge on any atom is -0.491 e. The summed E-state index contributed by atoms with van der Waals surface area (Å²) in [4.78, 5) is 10.6. The van der Waals surface area contributed by atoms with E-state index in [1.807, 2.05) is 0 Å². The van der Waals surface area contributed by atoms with Crippen molar-refractivity contribution in [2.24, 2.45) is 0 Å². The zero-order valence-corrected chi connectivity index (χ0v) is 15.9. The van der Waals surface area contributed by atoms with Crippen LogP contribution in [0, 0.1) is 21.4 Å². The SMILES string of the molecule is N#Cc1ccc(N2CC(COc3ccc([N+](=O)[O-])cc3)OC2C(F)(F)F)cc1C(F)(F)F. The van der Waals surface area contributed by atoms with Crippen LogP contribution >= 0.6 is 0 Å². The van der Waals surface area contributed by atoms with Gasteiger partial charge < -0.3 is 14.4 Å². The van der Waals surface area contributed by atoms with E-state index in [1.165, 1.54) is 18.2 Å². The summed E-state index contributed by atoms with van der Waals surface area (Å²) >= 11 is 0. The summed E-state index contributed by atoms with van der Waals surface area (Å²) < 4.78 is 90.4. The number of nitrogens with zero attached hydrogens (tertiary/aromatic N) is 3. The van der Waals surface area contributed by atoms with E-state index in [2.05, 4.69) is 0 Å². The van der Waals surface area contributed by atoms with Crippen LogP contribution in [0.5, 0.6) is 5.75 Å². The number of non-ortho nitro benzene ring substituents is 1. The molecule has 3 rings (SSSR count). The number of hydrogen-bond donors (Lipinski definition) is 0. The molecule has 0 aliphatic carbocycles. The van der Waals surface area contributed by atoms with Crippen molar-refractivity contribution in [3.8, 4) is 11.8 Å². The maximum Gasteiger partial charge on any atom is 0.433 e. The second-order valence-corrected chi connectivity index (χ2v) is 6.71. The Labute approximate surface area is 176 Å². The monoisotopic (exact) mass is 461 g/mol. The first kappa shape index (κ1) is 23.1. The van der Waals surface area contributed by atoms with Gasteiger partial charge in [0, 0.05) is 17.8 Å². The van der Waals surface area contributed by atoms with Gasteiger partial charge >= 0.3 is 12.4 Å². The summed E-state index contributed by atoms with van der Waals surface area (Å²) in [6.07, 6.45) is -13.5. The zero-order chi connectivity index (χ0) is 23.7. The van der Waals surface area contributed by atoms with Crippen LogP contribution in [0.15, 0.2) is 42.5 Å². The largest absolute Gasteiger partial charge is 0.491 e. The van der Waals surface area contributed by atoms with Gasteiger partial charge in [0.25, 0.3) is 5.69 Å². The second-order valence-electron chi connectivity index (χ2n) is 6.71. The van der Waals surface area contributed by atoms with Crippen LogP contribution in [0.1, 0.15) is 11.1 Å². The van der Waals surface area contributed by atoms with Gasteiger partial charge in [0.05, 0.1) is 28.7 Å². The van der Waals surface area contributed by atoms with E-state index in [-0.39, 0.29) is 18.0 Å². The second kappa shape index (κ2) is 8.54. The number of nitro benzene ring substituents is 1. The van der Waals surface area contributed by atoms with Gasteiger partial charge in [0.1, 0.15) is 18.5 Å². The van der Waals surface area contributed by atoms with Gasteiger partial charge in [-0.3, -0.25) is 10.1 Å². The number of nitro groups is 1. The molecule has 0 radical (unpaired) electrons. The fourth-order valence-corrected chi connectivity index (χ4v) is 3.10. The Morgan fingerprint density at radius 3 is 2.34 bits per heavy atom. The lowest BCUT2D eigenvalue weighted by Crippen LogP contribution is -2.42. The Bertz CT molecular complexity index is 1030. The Morgan fingerprint density at radius 2 is 1.81 bits per heavy atom.